The van der Waals surface area contributed by atoms with Gasteiger partial charge in [0.2, 0.25) is 0 Å². The maximum Gasteiger partial charge on any atom is 0.311 e. The van der Waals surface area contributed by atoms with Crippen molar-refractivity contribution in [1.29, 1.82) is 0 Å². The fraction of sp³-hybridized carbons (Fsp3) is 0.562. The summed E-state index contributed by atoms with van der Waals surface area (Å²) in [6.07, 6.45) is 0.813. The number of carbonyl (C=O) groups excluding carboxylic acids is 1. The van der Waals surface area contributed by atoms with Gasteiger partial charge >= 0.3 is 5.97 Å². The van der Waals surface area contributed by atoms with E-state index in [2.05, 4.69) is 20.8 Å². The summed E-state index contributed by atoms with van der Waals surface area (Å²) in [6.45, 7) is 10.7. The topological polar surface area (TPSA) is 26.3 Å². The third-order valence-corrected chi connectivity index (χ3v) is 2.74. The second kappa shape index (κ2) is 5.55. The summed E-state index contributed by atoms with van der Waals surface area (Å²) < 4.78 is 5.40. The molecule has 0 spiro atoms. The van der Waals surface area contributed by atoms with Gasteiger partial charge in [-0.2, -0.15) is 0 Å². The molecule has 0 atom stereocenters. The van der Waals surface area contributed by atoms with Gasteiger partial charge in [-0.3, -0.25) is 4.79 Å². The molecule has 0 heterocycles. The Bertz CT molecular complexity index is 385. The SMILES string of the molecule is CC(C)(C)CC(C)(C)C(=O)OCc1ccccc1. The number of ether oxygens (including phenoxy) is 1. The van der Waals surface area contributed by atoms with Crippen molar-refractivity contribution in [3.05, 3.63) is 35.9 Å². The number of carbonyl (C=O) groups is 1. The molecule has 0 saturated carbocycles. The van der Waals surface area contributed by atoms with Gasteiger partial charge in [-0.1, -0.05) is 51.1 Å². The van der Waals surface area contributed by atoms with E-state index in [1.165, 1.54) is 0 Å². The highest BCUT2D eigenvalue weighted by Crippen LogP contribution is 2.34. The molecule has 2 nitrogen and oxygen atoms in total. The highest BCUT2D eigenvalue weighted by Gasteiger charge is 2.33. The van der Waals surface area contributed by atoms with Crippen LogP contribution in [-0.2, 0) is 16.1 Å². The number of hydrogen-bond acceptors (Lipinski definition) is 2. The smallest absolute Gasteiger partial charge is 0.311 e. The van der Waals surface area contributed by atoms with E-state index >= 15 is 0 Å². The lowest BCUT2D eigenvalue weighted by Gasteiger charge is -2.30. The third-order valence-electron chi connectivity index (χ3n) is 2.74. The second-order valence-electron chi connectivity index (χ2n) is 6.68. The van der Waals surface area contributed by atoms with Gasteiger partial charge in [0.25, 0.3) is 0 Å². The molecule has 0 aliphatic heterocycles. The zero-order valence-electron chi connectivity index (χ0n) is 12.1. The monoisotopic (exact) mass is 248 g/mol. The van der Waals surface area contributed by atoms with Crippen LogP contribution in [0.4, 0.5) is 0 Å². The lowest BCUT2D eigenvalue weighted by Crippen LogP contribution is -2.31. The molecule has 0 aromatic heterocycles. The molecule has 0 bridgehead atoms. The van der Waals surface area contributed by atoms with Crippen LogP contribution in [-0.4, -0.2) is 5.97 Å². The van der Waals surface area contributed by atoms with Crippen molar-refractivity contribution >= 4 is 5.97 Å². The fourth-order valence-corrected chi connectivity index (χ4v) is 2.32. The van der Waals surface area contributed by atoms with E-state index in [-0.39, 0.29) is 11.4 Å². The first-order valence-electron chi connectivity index (χ1n) is 6.42. The van der Waals surface area contributed by atoms with Gasteiger partial charge in [0.05, 0.1) is 5.41 Å². The predicted molar refractivity (Wildman–Crippen MR) is 74.1 cm³/mol. The molecule has 0 amide bonds. The number of rotatable bonds is 4. The molecule has 0 aliphatic carbocycles. The van der Waals surface area contributed by atoms with E-state index in [0.717, 1.165) is 12.0 Å². The minimum absolute atomic E-state index is 0.120. The summed E-state index contributed by atoms with van der Waals surface area (Å²) >= 11 is 0. The first-order valence-corrected chi connectivity index (χ1v) is 6.42. The molecule has 0 saturated heterocycles. The summed E-state index contributed by atoms with van der Waals surface area (Å²) in [5, 5.41) is 0. The molecule has 2 heteroatoms. The normalized spacial score (nSPS) is 12.3. The molecule has 0 N–H and O–H groups in total. The van der Waals surface area contributed by atoms with E-state index < -0.39 is 5.41 Å². The fourth-order valence-electron chi connectivity index (χ4n) is 2.32. The summed E-state index contributed by atoms with van der Waals surface area (Å²) in [7, 11) is 0. The van der Waals surface area contributed by atoms with Crippen molar-refractivity contribution in [3.8, 4) is 0 Å². The predicted octanol–water partition coefficient (Wildman–Crippen LogP) is 4.19. The van der Waals surface area contributed by atoms with Crippen LogP contribution in [0.25, 0.3) is 0 Å². The van der Waals surface area contributed by atoms with Crippen LogP contribution in [0.1, 0.15) is 46.6 Å². The zero-order valence-corrected chi connectivity index (χ0v) is 12.1. The van der Waals surface area contributed by atoms with Gasteiger partial charge < -0.3 is 4.74 Å². The first-order chi connectivity index (χ1) is 8.21. The standard InChI is InChI=1S/C16H24O2/c1-15(2,3)12-16(4,5)14(17)18-11-13-9-7-6-8-10-13/h6-10H,11-12H2,1-5H3. The van der Waals surface area contributed by atoms with Crippen LogP contribution >= 0.6 is 0 Å². The average Bonchev–Trinajstić information content (AvgIpc) is 2.24. The number of benzene rings is 1. The average molecular weight is 248 g/mol. The quantitative estimate of drug-likeness (QED) is 0.747. The Hall–Kier alpha value is -1.31. The van der Waals surface area contributed by atoms with Crippen molar-refractivity contribution in [2.45, 2.75) is 47.6 Å². The van der Waals surface area contributed by atoms with Crippen LogP contribution in [0.5, 0.6) is 0 Å². The Morgan fingerprint density at radius 3 is 2.11 bits per heavy atom. The second-order valence-corrected chi connectivity index (χ2v) is 6.68. The molecule has 0 unspecified atom stereocenters. The Balaban J connectivity index is 2.55. The Morgan fingerprint density at radius 1 is 1.06 bits per heavy atom. The molecule has 100 valence electrons. The van der Waals surface area contributed by atoms with Crippen molar-refractivity contribution in [1.82, 2.24) is 0 Å². The van der Waals surface area contributed by atoms with Crippen LogP contribution in [0.2, 0.25) is 0 Å². The van der Waals surface area contributed by atoms with Crippen LogP contribution in [0, 0.1) is 10.8 Å². The molecule has 1 rings (SSSR count). The van der Waals surface area contributed by atoms with Crippen molar-refractivity contribution in [2.75, 3.05) is 0 Å². The van der Waals surface area contributed by atoms with E-state index in [0.29, 0.717) is 6.61 Å². The van der Waals surface area contributed by atoms with Crippen molar-refractivity contribution in [3.63, 3.8) is 0 Å². The summed E-state index contributed by atoms with van der Waals surface area (Å²) in [4.78, 5) is 12.1. The van der Waals surface area contributed by atoms with E-state index in [1.807, 2.05) is 44.2 Å². The highest BCUT2D eigenvalue weighted by molar-refractivity contribution is 5.75. The first kappa shape index (κ1) is 14.7. The van der Waals surface area contributed by atoms with Crippen molar-refractivity contribution in [2.24, 2.45) is 10.8 Å². The molecule has 18 heavy (non-hydrogen) atoms. The molecule has 0 aliphatic rings. The Morgan fingerprint density at radius 2 is 1.61 bits per heavy atom. The Labute approximate surface area is 110 Å². The van der Waals surface area contributed by atoms with Gasteiger partial charge in [0.1, 0.15) is 6.61 Å². The summed E-state index contributed by atoms with van der Waals surface area (Å²) in [6, 6.07) is 9.77. The lowest BCUT2D eigenvalue weighted by molar-refractivity contribution is -0.157. The minimum atomic E-state index is -0.437. The summed E-state index contributed by atoms with van der Waals surface area (Å²) in [5.41, 5.74) is 0.708. The number of esters is 1. The molecule has 1 aromatic carbocycles. The van der Waals surface area contributed by atoms with Crippen molar-refractivity contribution < 1.29 is 9.53 Å². The lowest BCUT2D eigenvalue weighted by atomic mass is 9.76. The zero-order chi connectivity index (χ0) is 13.8. The molecule has 0 radical (unpaired) electrons. The Kier molecular flexibility index (Phi) is 4.55. The maximum atomic E-state index is 12.1. The van der Waals surface area contributed by atoms with E-state index in [1.54, 1.807) is 0 Å². The van der Waals surface area contributed by atoms with E-state index in [9.17, 15) is 4.79 Å². The molecule has 0 fully saturated rings. The van der Waals surface area contributed by atoms with Gasteiger partial charge in [-0.05, 0) is 31.2 Å². The van der Waals surface area contributed by atoms with Gasteiger partial charge in [-0.15, -0.1) is 0 Å². The third kappa shape index (κ3) is 4.91. The molecular weight excluding hydrogens is 224 g/mol. The van der Waals surface area contributed by atoms with Crippen LogP contribution in [0.3, 0.4) is 0 Å². The van der Waals surface area contributed by atoms with Gasteiger partial charge in [0.15, 0.2) is 0 Å². The highest BCUT2D eigenvalue weighted by atomic mass is 16.5. The van der Waals surface area contributed by atoms with Crippen LogP contribution < -0.4 is 0 Å². The van der Waals surface area contributed by atoms with Gasteiger partial charge in [-0.25, -0.2) is 0 Å². The molecule has 1 aromatic rings. The van der Waals surface area contributed by atoms with Gasteiger partial charge in [0, 0.05) is 0 Å². The van der Waals surface area contributed by atoms with E-state index in [4.69, 9.17) is 4.74 Å². The largest absolute Gasteiger partial charge is 0.460 e. The van der Waals surface area contributed by atoms with Crippen LogP contribution in [0.15, 0.2) is 30.3 Å². The molecular formula is C16H24O2. The summed E-state index contributed by atoms with van der Waals surface area (Å²) in [5.74, 6) is -0.124. The number of hydrogen-bond donors (Lipinski definition) is 0. The maximum absolute atomic E-state index is 12.1. The minimum Gasteiger partial charge on any atom is -0.460 e.